The number of alkyl halides is 5. The molecular formula is C21H19F5N4O. The summed E-state index contributed by atoms with van der Waals surface area (Å²) in [5.74, 6) is -3.20. The molecule has 5 nitrogen and oxygen atoms in total. The standard InChI is InChI=1S/C21H19F5N4O/c22-20(23)3-5-30(6-4-20)19(31)12-1-2-17(28-11-12)13-7-14-8-15(10-27)29-18(14)16(9-13)21(24,25)26/h1-2,7-9,11,29H,3-6,10,27H2. The molecule has 0 radical (unpaired) electrons. The van der Waals surface area contributed by atoms with Crippen LogP contribution in [0.5, 0.6) is 0 Å². The lowest BCUT2D eigenvalue weighted by Crippen LogP contribution is -2.42. The second kappa shape index (κ2) is 7.60. The number of aromatic amines is 1. The molecule has 0 aliphatic carbocycles. The van der Waals surface area contributed by atoms with Crippen LogP contribution in [0.3, 0.4) is 0 Å². The van der Waals surface area contributed by atoms with Crippen LogP contribution in [0.4, 0.5) is 22.0 Å². The molecule has 31 heavy (non-hydrogen) atoms. The first-order chi connectivity index (χ1) is 14.6. The molecule has 164 valence electrons. The number of aromatic nitrogens is 2. The molecule has 0 spiro atoms. The number of amides is 1. The van der Waals surface area contributed by atoms with Crippen LogP contribution in [-0.2, 0) is 12.7 Å². The van der Waals surface area contributed by atoms with Gasteiger partial charge in [-0.15, -0.1) is 0 Å². The van der Waals surface area contributed by atoms with Crippen molar-refractivity contribution in [2.24, 2.45) is 5.73 Å². The first-order valence-corrected chi connectivity index (χ1v) is 9.64. The first kappa shape index (κ1) is 21.2. The molecule has 1 saturated heterocycles. The van der Waals surface area contributed by atoms with E-state index >= 15 is 0 Å². The molecule has 4 rings (SSSR count). The Balaban J connectivity index is 1.64. The Morgan fingerprint density at radius 2 is 1.87 bits per heavy atom. The van der Waals surface area contributed by atoms with Crippen LogP contribution in [0, 0.1) is 0 Å². The molecule has 3 N–H and O–H groups in total. The van der Waals surface area contributed by atoms with Crippen molar-refractivity contribution in [3.63, 3.8) is 0 Å². The van der Waals surface area contributed by atoms with E-state index in [0.29, 0.717) is 11.1 Å². The van der Waals surface area contributed by atoms with Gasteiger partial charge in [0.2, 0.25) is 0 Å². The van der Waals surface area contributed by atoms with Crippen molar-refractivity contribution >= 4 is 16.8 Å². The topological polar surface area (TPSA) is 75.0 Å². The smallest absolute Gasteiger partial charge is 0.357 e. The highest BCUT2D eigenvalue weighted by atomic mass is 19.4. The van der Waals surface area contributed by atoms with Gasteiger partial charge in [0.05, 0.1) is 22.3 Å². The van der Waals surface area contributed by atoms with Crippen molar-refractivity contribution in [1.82, 2.24) is 14.9 Å². The highest BCUT2D eigenvalue weighted by Crippen LogP contribution is 2.38. The number of pyridine rings is 1. The zero-order valence-corrected chi connectivity index (χ0v) is 16.3. The number of halogens is 5. The Labute approximate surface area is 174 Å². The maximum atomic E-state index is 13.6. The van der Waals surface area contributed by atoms with E-state index in [1.165, 1.54) is 23.2 Å². The average molecular weight is 438 g/mol. The highest BCUT2D eigenvalue weighted by molar-refractivity contribution is 5.94. The number of likely N-dealkylation sites (tertiary alicyclic amines) is 1. The lowest BCUT2D eigenvalue weighted by molar-refractivity contribution is -0.136. The van der Waals surface area contributed by atoms with E-state index in [1.54, 1.807) is 12.1 Å². The number of hydrogen-bond acceptors (Lipinski definition) is 3. The Kier molecular flexibility index (Phi) is 5.20. The van der Waals surface area contributed by atoms with E-state index < -0.39 is 36.4 Å². The maximum absolute atomic E-state index is 13.6. The molecule has 3 heterocycles. The van der Waals surface area contributed by atoms with Crippen LogP contribution >= 0.6 is 0 Å². The van der Waals surface area contributed by atoms with E-state index in [0.717, 1.165) is 6.07 Å². The number of nitrogens with two attached hydrogens (primary N) is 1. The summed E-state index contributed by atoms with van der Waals surface area (Å²) in [5, 5.41) is 0.349. The van der Waals surface area contributed by atoms with E-state index in [-0.39, 0.29) is 42.0 Å². The Morgan fingerprint density at radius 1 is 1.16 bits per heavy atom. The number of piperidine rings is 1. The summed E-state index contributed by atoms with van der Waals surface area (Å²) in [6, 6.07) is 7.01. The summed E-state index contributed by atoms with van der Waals surface area (Å²) in [7, 11) is 0. The number of hydrogen-bond donors (Lipinski definition) is 2. The molecule has 1 amide bonds. The van der Waals surface area contributed by atoms with Crippen LogP contribution in [-0.4, -0.2) is 39.8 Å². The van der Waals surface area contributed by atoms with E-state index in [9.17, 15) is 26.7 Å². The van der Waals surface area contributed by atoms with Crippen LogP contribution in [0.1, 0.15) is 34.5 Å². The number of rotatable bonds is 3. The fourth-order valence-corrected chi connectivity index (χ4v) is 3.69. The number of carbonyl (C=O) groups excluding carboxylic acids is 1. The minimum absolute atomic E-state index is 0.0506. The minimum Gasteiger partial charge on any atom is -0.357 e. The van der Waals surface area contributed by atoms with Gasteiger partial charge in [0, 0.05) is 55.3 Å². The predicted octanol–water partition coefficient (Wildman–Crippen LogP) is 4.58. The van der Waals surface area contributed by atoms with Gasteiger partial charge < -0.3 is 15.6 Å². The van der Waals surface area contributed by atoms with Crippen LogP contribution in [0.15, 0.2) is 36.5 Å². The molecule has 3 aromatic rings. The predicted molar refractivity (Wildman–Crippen MR) is 105 cm³/mol. The molecule has 1 aliphatic rings. The van der Waals surface area contributed by atoms with Crippen LogP contribution < -0.4 is 5.73 Å². The third kappa shape index (κ3) is 4.25. The summed E-state index contributed by atoms with van der Waals surface area (Å²) in [4.78, 5) is 20.7. The SMILES string of the molecule is NCc1cc2cc(-c3ccc(C(=O)N4CCC(F)(F)CC4)cn3)cc(C(F)(F)F)c2[nH]1. The van der Waals surface area contributed by atoms with Gasteiger partial charge in [0.1, 0.15) is 0 Å². The van der Waals surface area contributed by atoms with Crippen molar-refractivity contribution in [1.29, 1.82) is 0 Å². The zero-order valence-electron chi connectivity index (χ0n) is 16.3. The highest BCUT2D eigenvalue weighted by Gasteiger charge is 2.36. The van der Waals surface area contributed by atoms with Gasteiger partial charge in [-0.2, -0.15) is 13.2 Å². The van der Waals surface area contributed by atoms with Gasteiger partial charge in [-0.3, -0.25) is 9.78 Å². The largest absolute Gasteiger partial charge is 0.418 e. The maximum Gasteiger partial charge on any atom is 0.418 e. The van der Waals surface area contributed by atoms with Crippen molar-refractivity contribution in [2.45, 2.75) is 31.5 Å². The number of nitrogens with zero attached hydrogens (tertiary/aromatic N) is 2. The molecule has 1 fully saturated rings. The summed E-state index contributed by atoms with van der Waals surface area (Å²) in [6.07, 6.45) is -4.13. The molecule has 0 bridgehead atoms. The van der Waals surface area contributed by atoms with E-state index in [2.05, 4.69) is 9.97 Å². The Bertz CT molecular complexity index is 1110. The molecule has 2 aromatic heterocycles. The monoisotopic (exact) mass is 438 g/mol. The molecule has 10 heteroatoms. The summed E-state index contributed by atoms with van der Waals surface area (Å²) < 4.78 is 67.3. The summed E-state index contributed by atoms with van der Waals surface area (Å²) >= 11 is 0. The number of carbonyl (C=O) groups is 1. The van der Waals surface area contributed by atoms with Crippen LogP contribution in [0.25, 0.3) is 22.2 Å². The number of nitrogens with one attached hydrogen (secondary N) is 1. The fourth-order valence-electron chi connectivity index (χ4n) is 3.69. The lowest BCUT2D eigenvalue weighted by Gasteiger charge is -2.31. The lowest BCUT2D eigenvalue weighted by atomic mass is 10.0. The van der Waals surface area contributed by atoms with Crippen molar-refractivity contribution in [3.8, 4) is 11.3 Å². The van der Waals surface area contributed by atoms with Gasteiger partial charge >= 0.3 is 6.18 Å². The zero-order chi connectivity index (χ0) is 22.4. The van der Waals surface area contributed by atoms with Gasteiger partial charge in [-0.1, -0.05) is 0 Å². The van der Waals surface area contributed by atoms with Crippen LogP contribution in [0.2, 0.25) is 0 Å². The molecule has 1 aliphatic heterocycles. The quantitative estimate of drug-likeness (QED) is 0.588. The molecule has 1 aromatic carbocycles. The fraction of sp³-hybridized carbons (Fsp3) is 0.333. The number of H-pyrrole nitrogens is 1. The average Bonchev–Trinajstić information content (AvgIpc) is 3.15. The summed E-state index contributed by atoms with van der Waals surface area (Å²) in [5.41, 5.74) is 5.81. The summed E-state index contributed by atoms with van der Waals surface area (Å²) in [6.45, 7) is -0.0505. The van der Waals surface area contributed by atoms with E-state index in [4.69, 9.17) is 5.73 Å². The first-order valence-electron chi connectivity index (χ1n) is 9.64. The van der Waals surface area contributed by atoms with Crippen molar-refractivity contribution in [3.05, 3.63) is 53.3 Å². The van der Waals surface area contributed by atoms with Crippen molar-refractivity contribution in [2.75, 3.05) is 13.1 Å². The normalized spacial score (nSPS) is 16.6. The van der Waals surface area contributed by atoms with Gasteiger partial charge in [0.15, 0.2) is 0 Å². The number of benzene rings is 1. The molecular weight excluding hydrogens is 419 g/mol. The molecule has 0 saturated carbocycles. The van der Waals surface area contributed by atoms with Gasteiger partial charge in [-0.05, 0) is 30.3 Å². The third-order valence-electron chi connectivity index (χ3n) is 5.40. The van der Waals surface area contributed by atoms with Crippen molar-refractivity contribution < 1.29 is 26.7 Å². The second-order valence-electron chi connectivity index (χ2n) is 7.56. The Morgan fingerprint density at radius 3 is 2.45 bits per heavy atom. The van der Waals surface area contributed by atoms with Gasteiger partial charge in [0.25, 0.3) is 11.8 Å². The van der Waals surface area contributed by atoms with E-state index in [1.807, 2.05) is 0 Å². The minimum atomic E-state index is -4.59. The number of fused-ring (bicyclic) bond motifs is 1. The molecule has 0 unspecified atom stereocenters. The van der Waals surface area contributed by atoms with Gasteiger partial charge in [-0.25, -0.2) is 8.78 Å². The second-order valence-corrected chi connectivity index (χ2v) is 7.56. The Hall–Kier alpha value is -3.01. The third-order valence-corrected chi connectivity index (χ3v) is 5.40. The molecule has 0 atom stereocenters.